The Balaban J connectivity index is 1.49. The zero-order chi connectivity index (χ0) is 22.7. The maximum Gasteiger partial charge on any atom is 0.270 e. The van der Waals surface area contributed by atoms with E-state index in [0.29, 0.717) is 15.8 Å². The third kappa shape index (κ3) is 5.06. The molecule has 3 aromatic carbocycles. The summed E-state index contributed by atoms with van der Waals surface area (Å²) in [6.45, 7) is 0.490. The molecule has 162 valence electrons. The highest BCUT2D eigenvalue weighted by Crippen LogP contribution is 2.37. The van der Waals surface area contributed by atoms with Crippen LogP contribution in [0.3, 0.4) is 0 Å². The Morgan fingerprint density at radius 2 is 1.78 bits per heavy atom. The van der Waals surface area contributed by atoms with Crippen LogP contribution in [0.25, 0.3) is 6.08 Å². The van der Waals surface area contributed by atoms with Crippen molar-refractivity contribution in [3.05, 3.63) is 93.3 Å². The van der Waals surface area contributed by atoms with E-state index in [1.807, 2.05) is 97.9 Å². The summed E-state index contributed by atoms with van der Waals surface area (Å²) < 4.78 is 7.27. The minimum atomic E-state index is -0.113. The van der Waals surface area contributed by atoms with Gasteiger partial charge in [-0.25, -0.2) is 0 Å². The Kier molecular flexibility index (Phi) is 6.98. The number of anilines is 2. The van der Waals surface area contributed by atoms with Crippen LogP contribution < -0.4 is 14.5 Å². The van der Waals surface area contributed by atoms with Gasteiger partial charge >= 0.3 is 0 Å². The summed E-state index contributed by atoms with van der Waals surface area (Å²) in [7, 11) is 3.96. The van der Waals surface area contributed by atoms with Gasteiger partial charge in [0, 0.05) is 19.8 Å². The number of amides is 1. The van der Waals surface area contributed by atoms with Crippen LogP contribution in [-0.4, -0.2) is 24.3 Å². The molecule has 3 aromatic rings. The van der Waals surface area contributed by atoms with E-state index in [0.717, 1.165) is 32.7 Å². The van der Waals surface area contributed by atoms with Gasteiger partial charge in [0.2, 0.25) is 0 Å². The smallest absolute Gasteiger partial charge is 0.270 e. The van der Waals surface area contributed by atoms with Crippen LogP contribution in [0, 0.1) is 0 Å². The quantitative estimate of drug-likeness (QED) is 0.271. The second-order valence-electron chi connectivity index (χ2n) is 7.39. The second-order valence-corrected chi connectivity index (χ2v) is 9.92. The number of nitrogens with zero attached hydrogens (tertiary/aromatic N) is 2. The van der Waals surface area contributed by atoms with Gasteiger partial charge in [0.1, 0.15) is 12.4 Å². The molecule has 1 amide bonds. The molecular weight excluding hydrogens is 504 g/mol. The van der Waals surface area contributed by atoms with Gasteiger partial charge in [0.25, 0.3) is 5.91 Å². The average Bonchev–Trinajstić information content (AvgIpc) is 3.06. The summed E-state index contributed by atoms with van der Waals surface area (Å²) in [5.41, 5.74) is 3.83. The van der Waals surface area contributed by atoms with Crippen LogP contribution in [0.15, 0.2) is 82.2 Å². The van der Waals surface area contributed by atoms with E-state index in [1.54, 1.807) is 4.90 Å². The molecule has 0 saturated carbocycles. The van der Waals surface area contributed by atoms with E-state index < -0.39 is 0 Å². The van der Waals surface area contributed by atoms with Crippen LogP contribution in [0.2, 0.25) is 0 Å². The third-order valence-corrected chi connectivity index (χ3v) is 6.83. The molecule has 32 heavy (non-hydrogen) atoms. The lowest BCUT2D eigenvalue weighted by Crippen LogP contribution is -2.27. The number of rotatable bonds is 6. The van der Waals surface area contributed by atoms with Crippen LogP contribution in [0.5, 0.6) is 5.75 Å². The van der Waals surface area contributed by atoms with Gasteiger partial charge < -0.3 is 9.64 Å². The standard InChI is InChI=1S/C25H21BrN2O2S2/c1-27(2)19-9-11-20(12-10-19)28-24(29)23(32-25(28)31)15-18-8-13-22(21(26)14-18)30-16-17-6-4-3-5-7-17/h3-15H,16H2,1-2H3/b23-15+. The fraction of sp³-hybridized carbons (Fsp3) is 0.120. The van der Waals surface area contributed by atoms with Crippen molar-refractivity contribution in [3.8, 4) is 5.75 Å². The first-order valence-corrected chi connectivity index (χ1v) is 12.0. The number of thiocarbonyl (C=S) groups is 1. The van der Waals surface area contributed by atoms with Gasteiger partial charge in [-0.2, -0.15) is 0 Å². The minimum Gasteiger partial charge on any atom is -0.488 e. The molecule has 0 atom stereocenters. The van der Waals surface area contributed by atoms with Crippen LogP contribution in [0.1, 0.15) is 11.1 Å². The molecule has 0 bridgehead atoms. The van der Waals surface area contributed by atoms with Crippen molar-refractivity contribution in [3.63, 3.8) is 0 Å². The number of halogens is 1. The van der Waals surface area contributed by atoms with E-state index in [1.165, 1.54) is 11.8 Å². The molecule has 1 aliphatic rings. The van der Waals surface area contributed by atoms with Gasteiger partial charge in [-0.3, -0.25) is 9.69 Å². The molecule has 0 N–H and O–H groups in total. The molecule has 1 saturated heterocycles. The van der Waals surface area contributed by atoms with Crippen molar-refractivity contribution in [2.75, 3.05) is 23.9 Å². The first-order valence-electron chi connectivity index (χ1n) is 9.94. The van der Waals surface area contributed by atoms with Gasteiger partial charge in [-0.1, -0.05) is 60.4 Å². The molecule has 1 aliphatic heterocycles. The number of carbonyl (C=O) groups excluding carboxylic acids is 1. The van der Waals surface area contributed by atoms with Crippen molar-refractivity contribution in [2.24, 2.45) is 0 Å². The maximum absolute atomic E-state index is 13.1. The number of carbonyl (C=O) groups is 1. The van der Waals surface area contributed by atoms with Crippen molar-refractivity contribution in [1.29, 1.82) is 0 Å². The second kappa shape index (κ2) is 9.90. The molecule has 0 unspecified atom stereocenters. The zero-order valence-corrected chi connectivity index (χ0v) is 20.8. The summed E-state index contributed by atoms with van der Waals surface area (Å²) in [5, 5.41) is 0. The molecule has 0 radical (unpaired) electrons. The first-order chi connectivity index (χ1) is 15.4. The summed E-state index contributed by atoms with van der Waals surface area (Å²) in [5.74, 6) is 0.637. The molecule has 4 nitrogen and oxygen atoms in total. The van der Waals surface area contributed by atoms with Gasteiger partial charge in [-0.15, -0.1) is 0 Å². The Labute approximate surface area is 206 Å². The normalized spacial score (nSPS) is 14.8. The molecule has 1 fully saturated rings. The number of hydrogen-bond acceptors (Lipinski definition) is 5. The Hall–Kier alpha value is -2.61. The highest BCUT2D eigenvalue weighted by Gasteiger charge is 2.33. The summed E-state index contributed by atoms with van der Waals surface area (Å²) >= 11 is 10.4. The molecule has 0 aromatic heterocycles. The highest BCUT2D eigenvalue weighted by atomic mass is 79.9. The van der Waals surface area contributed by atoms with E-state index in [-0.39, 0.29) is 5.91 Å². The number of hydrogen-bond donors (Lipinski definition) is 0. The molecule has 0 aliphatic carbocycles. The van der Waals surface area contributed by atoms with Gasteiger partial charge in [0.15, 0.2) is 4.32 Å². The minimum absolute atomic E-state index is 0.113. The molecule has 4 rings (SSSR count). The monoisotopic (exact) mass is 524 g/mol. The van der Waals surface area contributed by atoms with Crippen LogP contribution in [0.4, 0.5) is 11.4 Å². The van der Waals surface area contributed by atoms with E-state index in [4.69, 9.17) is 17.0 Å². The topological polar surface area (TPSA) is 32.8 Å². The molecule has 7 heteroatoms. The molecular formula is C25H21BrN2O2S2. The van der Waals surface area contributed by atoms with Crippen LogP contribution >= 0.6 is 39.9 Å². The lowest BCUT2D eigenvalue weighted by molar-refractivity contribution is -0.113. The molecule has 0 spiro atoms. The van der Waals surface area contributed by atoms with E-state index in [9.17, 15) is 4.79 Å². The zero-order valence-electron chi connectivity index (χ0n) is 17.6. The van der Waals surface area contributed by atoms with Gasteiger partial charge in [0.05, 0.1) is 15.1 Å². The van der Waals surface area contributed by atoms with Gasteiger partial charge in [-0.05, 0) is 69.5 Å². The number of benzene rings is 3. The lowest BCUT2D eigenvalue weighted by atomic mass is 10.2. The number of thioether (sulfide) groups is 1. The van der Waals surface area contributed by atoms with Crippen LogP contribution in [-0.2, 0) is 11.4 Å². The lowest BCUT2D eigenvalue weighted by Gasteiger charge is -2.17. The summed E-state index contributed by atoms with van der Waals surface area (Å²) in [6, 6.07) is 23.6. The largest absolute Gasteiger partial charge is 0.488 e. The molecule has 1 heterocycles. The first kappa shape index (κ1) is 22.6. The van der Waals surface area contributed by atoms with Crippen molar-refractivity contribution < 1.29 is 9.53 Å². The van der Waals surface area contributed by atoms with Crippen molar-refractivity contribution in [2.45, 2.75) is 6.61 Å². The maximum atomic E-state index is 13.1. The Bertz CT molecular complexity index is 1180. The summed E-state index contributed by atoms with van der Waals surface area (Å²) in [6.07, 6.45) is 1.86. The highest BCUT2D eigenvalue weighted by molar-refractivity contribution is 9.10. The summed E-state index contributed by atoms with van der Waals surface area (Å²) in [4.78, 5) is 17.2. The van der Waals surface area contributed by atoms with E-state index in [2.05, 4.69) is 15.9 Å². The van der Waals surface area contributed by atoms with Crippen molar-refractivity contribution >= 4 is 67.6 Å². The van der Waals surface area contributed by atoms with E-state index >= 15 is 0 Å². The number of ether oxygens (including phenoxy) is 1. The predicted octanol–water partition coefficient (Wildman–Crippen LogP) is 6.50. The Morgan fingerprint density at radius 1 is 1.06 bits per heavy atom. The predicted molar refractivity (Wildman–Crippen MR) is 141 cm³/mol. The van der Waals surface area contributed by atoms with Crippen molar-refractivity contribution in [1.82, 2.24) is 0 Å². The Morgan fingerprint density at radius 3 is 2.44 bits per heavy atom. The third-order valence-electron chi connectivity index (χ3n) is 4.91. The fourth-order valence-electron chi connectivity index (χ4n) is 3.20. The average molecular weight is 525 g/mol. The SMILES string of the molecule is CN(C)c1ccc(N2C(=O)/C(=C\c3ccc(OCc4ccccc4)c(Br)c3)SC2=S)cc1. The fourth-order valence-corrected chi connectivity index (χ4v) is 5.01.